The number of esters is 1. The molecule has 1 N–H and O–H groups in total. The number of benzene rings is 2. The van der Waals surface area contributed by atoms with Crippen molar-refractivity contribution in [2.75, 3.05) is 5.32 Å². The van der Waals surface area contributed by atoms with E-state index in [-0.39, 0.29) is 10.9 Å². The predicted molar refractivity (Wildman–Crippen MR) is 82.2 cm³/mol. The van der Waals surface area contributed by atoms with Crippen molar-refractivity contribution in [2.45, 2.75) is 6.92 Å². The summed E-state index contributed by atoms with van der Waals surface area (Å²) >= 11 is 11.9. The van der Waals surface area contributed by atoms with Gasteiger partial charge in [0, 0.05) is 12.5 Å². The van der Waals surface area contributed by atoms with Gasteiger partial charge in [-0.25, -0.2) is 0 Å². The molecule has 0 radical (unpaired) electrons. The first-order valence-electron chi connectivity index (χ1n) is 6.01. The van der Waals surface area contributed by atoms with Gasteiger partial charge in [0.2, 0.25) is 0 Å². The van der Waals surface area contributed by atoms with Gasteiger partial charge in [-0.05, 0) is 36.4 Å². The molecule has 0 fully saturated rings. The van der Waals surface area contributed by atoms with Crippen LogP contribution in [0.4, 0.5) is 5.69 Å². The third-order valence-electron chi connectivity index (χ3n) is 2.58. The van der Waals surface area contributed by atoms with Gasteiger partial charge in [0.05, 0.1) is 15.7 Å². The molecule has 0 aliphatic rings. The number of hydrogen-bond acceptors (Lipinski definition) is 3. The molecule has 0 saturated carbocycles. The second-order valence-corrected chi connectivity index (χ2v) is 4.96. The van der Waals surface area contributed by atoms with Gasteiger partial charge in [0.25, 0.3) is 5.91 Å². The van der Waals surface area contributed by atoms with Gasteiger partial charge in [-0.3, -0.25) is 9.59 Å². The molecule has 0 aromatic heterocycles. The molecule has 0 unspecified atom stereocenters. The van der Waals surface area contributed by atoms with E-state index in [0.717, 1.165) is 0 Å². The first-order chi connectivity index (χ1) is 9.97. The molecule has 0 spiro atoms. The van der Waals surface area contributed by atoms with E-state index in [1.54, 1.807) is 30.3 Å². The number of carbonyl (C=O) groups is 2. The number of carbonyl (C=O) groups excluding carboxylic acids is 2. The summed E-state index contributed by atoms with van der Waals surface area (Å²) < 4.78 is 4.89. The molecule has 21 heavy (non-hydrogen) atoms. The minimum absolute atomic E-state index is 0.282. The molecule has 2 aromatic rings. The van der Waals surface area contributed by atoms with E-state index in [0.29, 0.717) is 22.0 Å². The summed E-state index contributed by atoms with van der Waals surface area (Å²) in [7, 11) is 0. The van der Waals surface area contributed by atoms with Crippen molar-refractivity contribution in [3.63, 3.8) is 0 Å². The summed E-state index contributed by atoms with van der Waals surface area (Å²) in [6, 6.07) is 11.1. The van der Waals surface area contributed by atoms with Gasteiger partial charge in [-0.15, -0.1) is 0 Å². The van der Waals surface area contributed by atoms with Crippen LogP contribution >= 0.6 is 23.2 Å². The molecule has 2 rings (SSSR count). The van der Waals surface area contributed by atoms with Gasteiger partial charge in [-0.1, -0.05) is 29.3 Å². The maximum absolute atomic E-state index is 12.1. The molecule has 0 heterocycles. The molecule has 2 aromatic carbocycles. The number of rotatable bonds is 3. The highest BCUT2D eigenvalue weighted by molar-refractivity contribution is 6.44. The number of hydrogen-bond donors (Lipinski definition) is 1. The zero-order valence-electron chi connectivity index (χ0n) is 11.0. The quantitative estimate of drug-likeness (QED) is 0.681. The van der Waals surface area contributed by atoms with Crippen LogP contribution < -0.4 is 10.1 Å². The van der Waals surface area contributed by atoms with E-state index in [1.165, 1.54) is 19.1 Å². The van der Waals surface area contributed by atoms with E-state index in [2.05, 4.69) is 5.32 Å². The largest absolute Gasteiger partial charge is 0.427 e. The van der Waals surface area contributed by atoms with Crippen LogP contribution in [-0.2, 0) is 4.79 Å². The van der Waals surface area contributed by atoms with E-state index >= 15 is 0 Å². The number of nitrogens with one attached hydrogen (secondary N) is 1. The van der Waals surface area contributed by atoms with Crippen LogP contribution in [-0.4, -0.2) is 11.9 Å². The summed E-state index contributed by atoms with van der Waals surface area (Å²) in [4.78, 5) is 22.9. The maximum atomic E-state index is 12.1. The lowest BCUT2D eigenvalue weighted by Gasteiger charge is -2.08. The van der Waals surface area contributed by atoms with Gasteiger partial charge < -0.3 is 10.1 Å². The van der Waals surface area contributed by atoms with Crippen molar-refractivity contribution in [1.82, 2.24) is 0 Å². The molecular weight excluding hydrogens is 313 g/mol. The summed E-state index contributed by atoms with van der Waals surface area (Å²) in [5, 5.41) is 3.31. The predicted octanol–water partition coefficient (Wildman–Crippen LogP) is 4.17. The summed E-state index contributed by atoms with van der Waals surface area (Å²) in [6.45, 7) is 1.31. The number of ether oxygens (including phenoxy) is 1. The van der Waals surface area contributed by atoms with Crippen molar-refractivity contribution in [1.29, 1.82) is 0 Å². The Morgan fingerprint density at radius 1 is 1.05 bits per heavy atom. The molecule has 0 aliphatic carbocycles. The van der Waals surface area contributed by atoms with Gasteiger partial charge in [0.1, 0.15) is 5.75 Å². The van der Waals surface area contributed by atoms with E-state index in [9.17, 15) is 9.59 Å². The van der Waals surface area contributed by atoms with Gasteiger partial charge >= 0.3 is 5.97 Å². The monoisotopic (exact) mass is 323 g/mol. The normalized spacial score (nSPS) is 10.0. The van der Waals surface area contributed by atoms with Crippen LogP contribution in [0.5, 0.6) is 5.75 Å². The minimum Gasteiger partial charge on any atom is -0.427 e. The highest BCUT2D eigenvalue weighted by atomic mass is 35.5. The Labute approximate surface area is 131 Å². The Bertz CT molecular complexity index is 684. The van der Waals surface area contributed by atoms with Crippen molar-refractivity contribution < 1.29 is 14.3 Å². The molecule has 0 saturated heterocycles. The topological polar surface area (TPSA) is 55.4 Å². The van der Waals surface area contributed by atoms with Crippen molar-refractivity contribution in [3.8, 4) is 5.75 Å². The standard InChI is InChI=1S/C15H11Cl2NO3/c1-9(19)21-11-7-5-10(6-8-11)15(20)18-13-4-2-3-12(16)14(13)17/h2-8H,1H3,(H,18,20). The first kappa shape index (κ1) is 15.4. The van der Waals surface area contributed by atoms with E-state index in [1.807, 2.05) is 0 Å². The smallest absolute Gasteiger partial charge is 0.308 e. The fraction of sp³-hybridized carbons (Fsp3) is 0.0667. The van der Waals surface area contributed by atoms with Crippen LogP contribution in [0.3, 0.4) is 0 Å². The Kier molecular flexibility index (Phi) is 4.83. The Hall–Kier alpha value is -2.04. The highest BCUT2D eigenvalue weighted by Gasteiger charge is 2.10. The zero-order chi connectivity index (χ0) is 15.4. The van der Waals surface area contributed by atoms with Gasteiger partial charge in [-0.2, -0.15) is 0 Å². The van der Waals surface area contributed by atoms with Crippen molar-refractivity contribution >= 4 is 40.8 Å². The average molecular weight is 324 g/mol. The second-order valence-electron chi connectivity index (χ2n) is 4.17. The molecule has 1 amide bonds. The molecule has 6 heteroatoms. The fourth-order valence-electron chi connectivity index (χ4n) is 1.64. The third-order valence-corrected chi connectivity index (χ3v) is 3.40. The van der Waals surface area contributed by atoms with Crippen LogP contribution in [0, 0.1) is 0 Å². The lowest BCUT2D eigenvalue weighted by molar-refractivity contribution is -0.131. The highest BCUT2D eigenvalue weighted by Crippen LogP contribution is 2.29. The van der Waals surface area contributed by atoms with Crippen LogP contribution in [0.25, 0.3) is 0 Å². The molecule has 108 valence electrons. The number of halogens is 2. The molecule has 0 bridgehead atoms. The maximum Gasteiger partial charge on any atom is 0.308 e. The van der Waals surface area contributed by atoms with Crippen LogP contribution in [0.1, 0.15) is 17.3 Å². The van der Waals surface area contributed by atoms with Crippen molar-refractivity contribution in [2.24, 2.45) is 0 Å². The fourth-order valence-corrected chi connectivity index (χ4v) is 1.98. The van der Waals surface area contributed by atoms with Gasteiger partial charge in [0.15, 0.2) is 0 Å². The lowest BCUT2D eigenvalue weighted by atomic mass is 10.2. The summed E-state index contributed by atoms with van der Waals surface area (Å²) in [5.74, 6) is -0.383. The Balaban J connectivity index is 2.13. The SMILES string of the molecule is CC(=O)Oc1ccc(C(=O)Nc2cccc(Cl)c2Cl)cc1. The average Bonchev–Trinajstić information content (AvgIpc) is 2.44. The summed E-state index contributed by atoms with van der Waals surface area (Å²) in [5.41, 5.74) is 0.833. The minimum atomic E-state index is -0.419. The molecular formula is C15H11Cl2NO3. The second kappa shape index (κ2) is 6.61. The lowest BCUT2D eigenvalue weighted by Crippen LogP contribution is -2.12. The Morgan fingerprint density at radius 3 is 2.33 bits per heavy atom. The zero-order valence-corrected chi connectivity index (χ0v) is 12.5. The molecule has 0 atom stereocenters. The van der Waals surface area contributed by atoms with E-state index in [4.69, 9.17) is 27.9 Å². The van der Waals surface area contributed by atoms with Crippen molar-refractivity contribution in [3.05, 3.63) is 58.1 Å². The number of amides is 1. The first-order valence-corrected chi connectivity index (χ1v) is 6.77. The van der Waals surface area contributed by atoms with Crippen LogP contribution in [0.2, 0.25) is 10.0 Å². The molecule has 0 aliphatic heterocycles. The third kappa shape index (κ3) is 3.97. The van der Waals surface area contributed by atoms with E-state index < -0.39 is 5.97 Å². The summed E-state index contributed by atoms with van der Waals surface area (Å²) in [6.07, 6.45) is 0. The Morgan fingerprint density at radius 2 is 1.71 bits per heavy atom. The molecule has 4 nitrogen and oxygen atoms in total. The number of anilines is 1. The van der Waals surface area contributed by atoms with Crippen LogP contribution in [0.15, 0.2) is 42.5 Å².